The molecule has 1 saturated heterocycles. The summed E-state index contributed by atoms with van der Waals surface area (Å²) < 4.78 is 5.27. The quantitative estimate of drug-likeness (QED) is 0.650. The highest BCUT2D eigenvalue weighted by Crippen LogP contribution is 2.32. The van der Waals surface area contributed by atoms with Crippen LogP contribution in [0.3, 0.4) is 0 Å². The van der Waals surface area contributed by atoms with Gasteiger partial charge in [-0.25, -0.2) is 0 Å². The monoisotopic (exact) mass is 372 g/mol. The van der Waals surface area contributed by atoms with Crippen molar-refractivity contribution < 1.29 is 9.53 Å². The molecule has 3 aromatic rings. The molecule has 0 aliphatic carbocycles. The van der Waals surface area contributed by atoms with Gasteiger partial charge >= 0.3 is 0 Å². The Hall–Kier alpha value is -3.14. The summed E-state index contributed by atoms with van der Waals surface area (Å²) in [7, 11) is 1.66. The molecule has 4 heteroatoms. The van der Waals surface area contributed by atoms with Gasteiger partial charge in [-0.2, -0.15) is 0 Å². The van der Waals surface area contributed by atoms with E-state index >= 15 is 0 Å². The first-order valence-electron chi connectivity index (χ1n) is 9.62. The molecule has 142 valence electrons. The fraction of sp³-hybridized carbons (Fsp3) is 0.250. The van der Waals surface area contributed by atoms with Gasteiger partial charge in [-0.3, -0.25) is 9.78 Å². The average Bonchev–Trinajstić information content (AvgIpc) is 2.72. The van der Waals surface area contributed by atoms with Gasteiger partial charge < -0.3 is 9.64 Å². The van der Waals surface area contributed by atoms with Crippen LogP contribution < -0.4 is 4.74 Å². The maximum atomic E-state index is 13.0. The number of carbonyl (C=O) groups excluding carboxylic acids is 1. The lowest BCUT2D eigenvalue weighted by Crippen LogP contribution is -2.49. The molecule has 28 heavy (non-hydrogen) atoms. The van der Waals surface area contributed by atoms with E-state index in [4.69, 9.17) is 4.74 Å². The first-order valence-corrected chi connectivity index (χ1v) is 9.62. The van der Waals surface area contributed by atoms with E-state index in [2.05, 4.69) is 29.2 Å². The van der Waals surface area contributed by atoms with Crippen LogP contribution in [-0.4, -0.2) is 36.0 Å². The molecule has 4 rings (SSSR count). The molecule has 1 atom stereocenters. The van der Waals surface area contributed by atoms with Crippen molar-refractivity contribution >= 4 is 5.91 Å². The van der Waals surface area contributed by atoms with Crippen molar-refractivity contribution in [1.29, 1.82) is 0 Å². The van der Waals surface area contributed by atoms with Crippen LogP contribution >= 0.6 is 0 Å². The topological polar surface area (TPSA) is 42.4 Å². The molecule has 1 aliphatic heterocycles. The molecule has 0 spiro atoms. The molecule has 0 unspecified atom stereocenters. The SMILES string of the molecule is COc1ccc([C@@H](CC(=O)N2CC(c3ccccn3)C2)c2ccccc2)cc1. The van der Waals surface area contributed by atoms with Gasteiger partial charge in [0.05, 0.1) is 7.11 Å². The predicted octanol–water partition coefficient (Wildman–Crippen LogP) is 4.24. The van der Waals surface area contributed by atoms with Gasteiger partial charge in [-0.05, 0) is 35.4 Å². The summed E-state index contributed by atoms with van der Waals surface area (Å²) in [5.74, 6) is 1.40. The summed E-state index contributed by atoms with van der Waals surface area (Å²) in [6.07, 6.45) is 2.28. The Kier molecular flexibility index (Phi) is 5.38. The number of pyridine rings is 1. The summed E-state index contributed by atoms with van der Waals surface area (Å²) in [6.45, 7) is 1.50. The Balaban J connectivity index is 1.47. The van der Waals surface area contributed by atoms with Gasteiger partial charge in [0.15, 0.2) is 0 Å². The minimum Gasteiger partial charge on any atom is -0.497 e. The van der Waals surface area contributed by atoms with Crippen molar-refractivity contribution in [2.45, 2.75) is 18.3 Å². The second-order valence-electron chi connectivity index (χ2n) is 7.19. The number of ether oxygens (including phenoxy) is 1. The molecular formula is C24H24N2O2. The van der Waals surface area contributed by atoms with Gasteiger partial charge in [-0.15, -0.1) is 0 Å². The van der Waals surface area contributed by atoms with Gasteiger partial charge in [0.25, 0.3) is 0 Å². The van der Waals surface area contributed by atoms with Crippen molar-refractivity contribution in [2.75, 3.05) is 20.2 Å². The average molecular weight is 372 g/mol. The number of methoxy groups -OCH3 is 1. The molecule has 1 amide bonds. The number of likely N-dealkylation sites (tertiary alicyclic amines) is 1. The molecular weight excluding hydrogens is 348 g/mol. The number of benzene rings is 2. The van der Waals surface area contributed by atoms with Crippen molar-refractivity contribution in [2.24, 2.45) is 0 Å². The number of rotatable bonds is 6. The molecule has 0 radical (unpaired) electrons. The maximum Gasteiger partial charge on any atom is 0.223 e. The third-order valence-corrected chi connectivity index (χ3v) is 5.44. The fourth-order valence-electron chi connectivity index (χ4n) is 3.74. The van der Waals surface area contributed by atoms with Gasteiger partial charge in [-0.1, -0.05) is 48.5 Å². The van der Waals surface area contributed by atoms with E-state index < -0.39 is 0 Å². The first kappa shape index (κ1) is 18.2. The number of hydrogen-bond donors (Lipinski definition) is 0. The van der Waals surface area contributed by atoms with Crippen LogP contribution in [0, 0.1) is 0 Å². The Morgan fingerprint density at radius 1 is 1.00 bits per heavy atom. The van der Waals surface area contributed by atoms with Crippen molar-refractivity contribution in [3.8, 4) is 5.75 Å². The second kappa shape index (κ2) is 8.26. The van der Waals surface area contributed by atoms with E-state index in [1.807, 2.05) is 59.6 Å². The lowest BCUT2D eigenvalue weighted by atomic mass is 9.87. The zero-order valence-electron chi connectivity index (χ0n) is 16.0. The van der Waals surface area contributed by atoms with E-state index in [0.29, 0.717) is 12.3 Å². The summed E-state index contributed by atoms with van der Waals surface area (Å²) in [4.78, 5) is 19.3. The van der Waals surface area contributed by atoms with Crippen LogP contribution in [0.15, 0.2) is 79.0 Å². The Morgan fingerprint density at radius 3 is 2.32 bits per heavy atom. The van der Waals surface area contributed by atoms with E-state index in [1.54, 1.807) is 7.11 Å². The molecule has 0 bridgehead atoms. The Labute approximate surface area is 165 Å². The van der Waals surface area contributed by atoms with Gasteiger partial charge in [0, 0.05) is 43.2 Å². The largest absolute Gasteiger partial charge is 0.497 e. The molecule has 0 N–H and O–H groups in total. The van der Waals surface area contributed by atoms with Crippen LogP contribution in [0.2, 0.25) is 0 Å². The zero-order chi connectivity index (χ0) is 19.3. The van der Waals surface area contributed by atoms with E-state index in [9.17, 15) is 4.79 Å². The highest BCUT2D eigenvalue weighted by molar-refractivity contribution is 5.79. The maximum absolute atomic E-state index is 13.0. The number of aromatic nitrogens is 1. The van der Waals surface area contributed by atoms with Crippen LogP contribution in [-0.2, 0) is 4.79 Å². The Bertz CT molecular complexity index is 904. The third kappa shape index (κ3) is 3.91. The lowest BCUT2D eigenvalue weighted by molar-refractivity contribution is -0.135. The van der Waals surface area contributed by atoms with Crippen molar-refractivity contribution in [3.05, 3.63) is 95.8 Å². The number of hydrogen-bond acceptors (Lipinski definition) is 3. The van der Waals surface area contributed by atoms with Crippen LogP contribution in [0.25, 0.3) is 0 Å². The van der Waals surface area contributed by atoms with Crippen LogP contribution in [0.4, 0.5) is 0 Å². The minimum atomic E-state index is 0.0357. The second-order valence-corrected chi connectivity index (χ2v) is 7.19. The predicted molar refractivity (Wildman–Crippen MR) is 109 cm³/mol. The number of amides is 1. The van der Waals surface area contributed by atoms with E-state index in [0.717, 1.165) is 35.7 Å². The lowest BCUT2D eigenvalue weighted by Gasteiger charge is -2.39. The van der Waals surface area contributed by atoms with Crippen LogP contribution in [0.1, 0.15) is 35.1 Å². The smallest absolute Gasteiger partial charge is 0.223 e. The van der Waals surface area contributed by atoms with E-state index in [1.165, 1.54) is 0 Å². The Morgan fingerprint density at radius 2 is 1.68 bits per heavy atom. The minimum absolute atomic E-state index is 0.0357. The van der Waals surface area contributed by atoms with Crippen molar-refractivity contribution in [1.82, 2.24) is 9.88 Å². The molecule has 4 nitrogen and oxygen atoms in total. The molecule has 1 aliphatic rings. The van der Waals surface area contributed by atoms with Crippen LogP contribution in [0.5, 0.6) is 5.75 Å². The van der Waals surface area contributed by atoms with Gasteiger partial charge in [0.2, 0.25) is 5.91 Å². The highest BCUT2D eigenvalue weighted by Gasteiger charge is 2.33. The number of nitrogens with zero attached hydrogens (tertiary/aromatic N) is 2. The molecule has 2 aromatic carbocycles. The number of carbonyl (C=O) groups is 1. The normalized spacial score (nSPS) is 15.0. The van der Waals surface area contributed by atoms with Crippen molar-refractivity contribution in [3.63, 3.8) is 0 Å². The molecule has 1 fully saturated rings. The molecule has 2 heterocycles. The van der Waals surface area contributed by atoms with Gasteiger partial charge in [0.1, 0.15) is 5.75 Å². The summed E-state index contributed by atoms with van der Waals surface area (Å²) >= 11 is 0. The molecule has 0 saturated carbocycles. The molecule has 1 aromatic heterocycles. The van der Waals surface area contributed by atoms with E-state index in [-0.39, 0.29) is 11.8 Å². The fourth-order valence-corrected chi connectivity index (χ4v) is 3.74. The summed E-state index contributed by atoms with van der Waals surface area (Å²) in [5, 5.41) is 0. The standard InChI is InChI=1S/C24H24N2O2/c1-28-21-12-10-19(11-13-21)22(18-7-3-2-4-8-18)15-24(27)26-16-20(17-26)23-9-5-6-14-25-23/h2-14,20,22H,15-17H2,1H3/t22-/m0/s1. The highest BCUT2D eigenvalue weighted by atomic mass is 16.5. The summed E-state index contributed by atoms with van der Waals surface area (Å²) in [6, 6.07) is 24.2. The zero-order valence-corrected chi connectivity index (χ0v) is 16.0. The summed E-state index contributed by atoms with van der Waals surface area (Å²) in [5.41, 5.74) is 3.35. The third-order valence-electron chi connectivity index (χ3n) is 5.44. The first-order chi connectivity index (χ1) is 13.7.